The maximum Gasteiger partial charge on any atom is 0.232 e. The summed E-state index contributed by atoms with van der Waals surface area (Å²) in [6.45, 7) is 6.68. The van der Waals surface area contributed by atoms with Crippen LogP contribution in [0.2, 0.25) is 0 Å². The van der Waals surface area contributed by atoms with Gasteiger partial charge in [-0.3, -0.25) is 4.79 Å². The zero-order valence-electron chi connectivity index (χ0n) is 10.1. The van der Waals surface area contributed by atoms with Crippen molar-refractivity contribution in [1.82, 2.24) is 0 Å². The summed E-state index contributed by atoms with van der Waals surface area (Å²) >= 11 is 0. The van der Waals surface area contributed by atoms with Crippen molar-refractivity contribution in [1.29, 1.82) is 0 Å². The van der Waals surface area contributed by atoms with Crippen LogP contribution in [-0.2, 0) is 11.3 Å². The van der Waals surface area contributed by atoms with E-state index in [4.69, 9.17) is 5.73 Å². The second kappa shape index (κ2) is 3.91. The summed E-state index contributed by atoms with van der Waals surface area (Å²) in [6.07, 6.45) is 0.839. The van der Waals surface area contributed by atoms with Crippen LogP contribution in [-0.4, -0.2) is 5.91 Å². The fourth-order valence-corrected chi connectivity index (χ4v) is 2.42. The lowest BCUT2D eigenvalue weighted by atomic mass is 9.91. The standard InChI is InChI=1S/C13H18N2O/c1-4-10-11-5-9(6-14)7(2)8(3)12(11)15-13(10)16/h5,10H,4,6,14H2,1-3H3,(H,15,16). The molecule has 16 heavy (non-hydrogen) atoms. The number of benzene rings is 1. The second-order valence-corrected chi connectivity index (χ2v) is 4.40. The first kappa shape index (κ1) is 11.1. The fourth-order valence-electron chi connectivity index (χ4n) is 2.42. The Bertz CT molecular complexity index is 452. The van der Waals surface area contributed by atoms with Gasteiger partial charge >= 0.3 is 0 Å². The third kappa shape index (κ3) is 1.43. The molecule has 2 rings (SSSR count). The van der Waals surface area contributed by atoms with E-state index < -0.39 is 0 Å². The minimum absolute atomic E-state index is 0.000370. The van der Waals surface area contributed by atoms with Crippen LogP contribution in [0.1, 0.15) is 41.5 Å². The third-order valence-electron chi connectivity index (χ3n) is 3.61. The van der Waals surface area contributed by atoms with Crippen molar-refractivity contribution in [3.05, 3.63) is 28.3 Å². The number of hydrogen-bond donors (Lipinski definition) is 2. The molecule has 1 aromatic carbocycles. The van der Waals surface area contributed by atoms with E-state index in [0.29, 0.717) is 6.54 Å². The number of fused-ring (bicyclic) bond motifs is 1. The molecule has 0 saturated heterocycles. The van der Waals surface area contributed by atoms with Crippen molar-refractivity contribution in [2.24, 2.45) is 5.73 Å². The van der Waals surface area contributed by atoms with E-state index in [-0.39, 0.29) is 11.8 Å². The summed E-state index contributed by atoms with van der Waals surface area (Å²) < 4.78 is 0. The van der Waals surface area contributed by atoms with E-state index in [1.165, 1.54) is 5.56 Å². The van der Waals surface area contributed by atoms with Crippen LogP contribution in [0.15, 0.2) is 6.07 Å². The van der Waals surface area contributed by atoms with Crippen LogP contribution in [0.4, 0.5) is 5.69 Å². The Labute approximate surface area is 96.0 Å². The Morgan fingerprint density at radius 3 is 2.62 bits per heavy atom. The van der Waals surface area contributed by atoms with Crippen LogP contribution in [0.3, 0.4) is 0 Å². The van der Waals surface area contributed by atoms with Gasteiger partial charge in [-0.1, -0.05) is 13.0 Å². The predicted molar refractivity (Wildman–Crippen MR) is 65.5 cm³/mol. The van der Waals surface area contributed by atoms with Gasteiger partial charge in [0.15, 0.2) is 0 Å². The highest BCUT2D eigenvalue weighted by Crippen LogP contribution is 2.39. The summed E-state index contributed by atoms with van der Waals surface area (Å²) in [5.74, 6) is 0.119. The van der Waals surface area contributed by atoms with Gasteiger partial charge in [0.25, 0.3) is 0 Å². The maximum atomic E-state index is 11.8. The summed E-state index contributed by atoms with van der Waals surface area (Å²) in [7, 11) is 0. The minimum atomic E-state index is -0.000370. The van der Waals surface area contributed by atoms with E-state index in [0.717, 1.165) is 28.8 Å². The molecule has 1 unspecified atom stereocenters. The van der Waals surface area contributed by atoms with E-state index >= 15 is 0 Å². The Morgan fingerprint density at radius 1 is 1.38 bits per heavy atom. The van der Waals surface area contributed by atoms with Crippen LogP contribution in [0, 0.1) is 13.8 Å². The van der Waals surface area contributed by atoms with Crippen LogP contribution in [0.25, 0.3) is 0 Å². The number of amides is 1. The number of nitrogens with one attached hydrogen (secondary N) is 1. The first-order valence-electron chi connectivity index (χ1n) is 5.74. The largest absolute Gasteiger partial charge is 0.326 e. The van der Waals surface area contributed by atoms with Crippen molar-refractivity contribution < 1.29 is 4.79 Å². The SMILES string of the molecule is CCC1C(=O)Nc2c1cc(CN)c(C)c2C. The quantitative estimate of drug-likeness (QED) is 0.799. The van der Waals surface area contributed by atoms with Crippen molar-refractivity contribution in [3.63, 3.8) is 0 Å². The summed E-state index contributed by atoms with van der Waals surface area (Å²) in [6, 6.07) is 2.09. The molecule has 1 aliphatic rings. The van der Waals surface area contributed by atoms with Gasteiger partial charge in [0.2, 0.25) is 5.91 Å². The molecule has 3 N–H and O–H groups in total. The molecule has 0 aliphatic carbocycles. The van der Waals surface area contributed by atoms with Gasteiger partial charge in [0, 0.05) is 12.2 Å². The molecule has 0 radical (unpaired) electrons. The third-order valence-corrected chi connectivity index (χ3v) is 3.61. The molecule has 3 heteroatoms. The van der Waals surface area contributed by atoms with Crippen molar-refractivity contribution >= 4 is 11.6 Å². The van der Waals surface area contributed by atoms with E-state index in [1.54, 1.807) is 0 Å². The highest BCUT2D eigenvalue weighted by Gasteiger charge is 2.31. The van der Waals surface area contributed by atoms with Gasteiger partial charge in [-0.2, -0.15) is 0 Å². The molecule has 1 aromatic rings. The van der Waals surface area contributed by atoms with Gasteiger partial charge in [-0.05, 0) is 42.5 Å². The summed E-state index contributed by atoms with van der Waals surface area (Å²) in [4.78, 5) is 11.8. The number of carbonyl (C=O) groups is 1. The number of nitrogens with two attached hydrogens (primary N) is 1. The first-order chi connectivity index (χ1) is 7.60. The summed E-state index contributed by atoms with van der Waals surface area (Å²) in [5.41, 5.74) is 11.3. The predicted octanol–water partition coefficient (Wildman–Crippen LogP) is 2.21. The Kier molecular flexibility index (Phi) is 2.72. The Morgan fingerprint density at radius 2 is 2.06 bits per heavy atom. The van der Waals surface area contributed by atoms with E-state index in [9.17, 15) is 4.79 Å². The lowest BCUT2D eigenvalue weighted by Crippen LogP contribution is -2.10. The fraction of sp³-hybridized carbons (Fsp3) is 0.462. The Hall–Kier alpha value is -1.35. The van der Waals surface area contributed by atoms with Gasteiger partial charge < -0.3 is 11.1 Å². The average Bonchev–Trinajstić information content (AvgIpc) is 2.59. The van der Waals surface area contributed by atoms with E-state index in [2.05, 4.69) is 18.3 Å². The maximum absolute atomic E-state index is 11.8. The molecule has 0 saturated carbocycles. The number of anilines is 1. The lowest BCUT2D eigenvalue weighted by Gasteiger charge is -2.13. The monoisotopic (exact) mass is 218 g/mol. The molecule has 86 valence electrons. The number of carbonyl (C=O) groups excluding carboxylic acids is 1. The minimum Gasteiger partial charge on any atom is -0.326 e. The number of hydrogen-bond acceptors (Lipinski definition) is 2. The lowest BCUT2D eigenvalue weighted by molar-refractivity contribution is -0.117. The molecule has 1 heterocycles. The highest BCUT2D eigenvalue weighted by molar-refractivity contribution is 6.04. The van der Waals surface area contributed by atoms with Gasteiger partial charge in [-0.15, -0.1) is 0 Å². The van der Waals surface area contributed by atoms with Crippen LogP contribution >= 0.6 is 0 Å². The zero-order valence-corrected chi connectivity index (χ0v) is 10.1. The summed E-state index contributed by atoms with van der Waals surface area (Å²) in [5, 5.41) is 2.98. The molecule has 0 fully saturated rings. The molecule has 3 nitrogen and oxygen atoms in total. The highest BCUT2D eigenvalue weighted by atomic mass is 16.2. The van der Waals surface area contributed by atoms with Gasteiger partial charge in [-0.25, -0.2) is 0 Å². The first-order valence-corrected chi connectivity index (χ1v) is 5.74. The molecule has 1 atom stereocenters. The number of rotatable bonds is 2. The molecular weight excluding hydrogens is 200 g/mol. The van der Waals surface area contributed by atoms with Crippen molar-refractivity contribution in [3.8, 4) is 0 Å². The smallest absolute Gasteiger partial charge is 0.232 e. The second-order valence-electron chi connectivity index (χ2n) is 4.40. The average molecular weight is 218 g/mol. The molecule has 0 aromatic heterocycles. The van der Waals surface area contributed by atoms with Crippen LogP contribution in [0.5, 0.6) is 0 Å². The van der Waals surface area contributed by atoms with Crippen molar-refractivity contribution in [2.45, 2.75) is 39.7 Å². The topological polar surface area (TPSA) is 55.1 Å². The van der Waals surface area contributed by atoms with Crippen molar-refractivity contribution in [2.75, 3.05) is 5.32 Å². The molecule has 0 bridgehead atoms. The molecule has 1 amide bonds. The zero-order chi connectivity index (χ0) is 11.9. The van der Waals surface area contributed by atoms with E-state index in [1.807, 2.05) is 13.8 Å². The Balaban J connectivity index is 2.63. The normalized spacial score (nSPS) is 18.5. The van der Waals surface area contributed by atoms with Gasteiger partial charge in [0.1, 0.15) is 0 Å². The van der Waals surface area contributed by atoms with Crippen LogP contribution < -0.4 is 11.1 Å². The van der Waals surface area contributed by atoms with Gasteiger partial charge in [0.05, 0.1) is 5.92 Å². The molecular formula is C13H18N2O. The molecule has 1 aliphatic heterocycles. The molecule has 0 spiro atoms.